The van der Waals surface area contributed by atoms with Gasteiger partial charge < -0.3 is 9.72 Å². The molecule has 0 aliphatic heterocycles. The van der Waals surface area contributed by atoms with Crippen LogP contribution in [0.4, 0.5) is 0 Å². The molecule has 0 bridgehead atoms. The van der Waals surface area contributed by atoms with Crippen molar-refractivity contribution in [1.29, 1.82) is 0 Å². The van der Waals surface area contributed by atoms with Crippen molar-refractivity contribution in [3.8, 4) is 28.0 Å². The molecule has 0 atom stereocenters. The number of primary sulfonamides is 1. The maximum Gasteiger partial charge on any atom is 0.238 e. The Morgan fingerprint density at radius 1 is 0.935 bits per heavy atom. The number of ether oxygens (including phenoxy) is 1. The molecule has 0 saturated carbocycles. The number of aromatic nitrogens is 1. The minimum Gasteiger partial charge on any atom is -0.495 e. The third-order valence-electron chi connectivity index (χ3n) is 5.15. The number of aryl methyl sites for hydroxylation is 1. The van der Waals surface area contributed by atoms with Crippen LogP contribution in [0.25, 0.3) is 33.2 Å². The fraction of sp³-hybridized carbons (Fsp3) is 0.0870. The number of halogens is 1. The van der Waals surface area contributed by atoms with Gasteiger partial charge in [0.25, 0.3) is 0 Å². The Hall–Kier alpha value is -3.13. The first-order chi connectivity index (χ1) is 14.7. The van der Waals surface area contributed by atoms with Crippen LogP contribution < -0.4 is 15.3 Å². The van der Waals surface area contributed by atoms with Gasteiger partial charge in [-0.15, -0.1) is 0 Å². The number of pyridine rings is 1. The van der Waals surface area contributed by atoms with Crippen molar-refractivity contribution in [3.05, 3.63) is 81.6 Å². The van der Waals surface area contributed by atoms with Gasteiger partial charge in [-0.3, -0.25) is 4.79 Å². The largest absolute Gasteiger partial charge is 0.495 e. The summed E-state index contributed by atoms with van der Waals surface area (Å²) in [6.45, 7) is 1.84. The zero-order valence-electron chi connectivity index (χ0n) is 16.8. The SMILES string of the molecule is COc1cc2[nH]c(C)c(-c3ccc(-c4ccc(S(N)(=O)=O)cc4)cc3)c(=O)c2cc1Cl. The number of fused-ring (bicyclic) bond motifs is 1. The molecular weight excluding hydrogens is 436 g/mol. The summed E-state index contributed by atoms with van der Waals surface area (Å²) in [5.74, 6) is 0.495. The van der Waals surface area contributed by atoms with Crippen molar-refractivity contribution in [1.82, 2.24) is 4.98 Å². The normalized spacial score (nSPS) is 11.6. The molecule has 1 heterocycles. The van der Waals surface area contributed by atoms with Gasteiger partial charge >= 0.3 is 0 Å². The van der Waals surface area contributed by atoms with Gasteiger partial charge in [0.2, 0.25) is 10.0 Å². The number of sulfonamides is 1. The Morgan fingerprint density at radius 3 is 2.03 bits per heavy atom. The molecule has 4 aromatic rings. The number of benzene rings is 3. The number of methoxy groups -OCH3 is 1. The fourth-order valence-electron chi connectivity index (χ4n) is 3.58. The monoisotopic (exact) mass is 454 g/mol. The highest BCUT2D eigenvalue weighted by Crippen LogP contribution is 2.31. The molecule has 4 rings (SSSR count). The summed E-state index contributed by atoms with van der Waals surface area (Å²) >= 11 is 6.22. The molecule has 0 aliphatic carbocycles. The zero-order valence-corrected chi connectivity index (χ0v) is 18.3. The molecule has 0 fully saturated rings. The number of rotatable bonds is 4. The minimum absolute atomic E-state index is 0.0569. The van der Waals surface area contributed by atoms with Crippen molar-refractivity contribution < 1.29 is 13.2 Å². The van der Waals surface area contributed by atoms with E-state index >= 15 is 0 Å². The Balaban J connectivity index is 1.76. The summed E-state index contributed by atoms with van der Waals surface area (Å²) in [6, 6.07) is 17.1. The first-order valence-electron chi connectivity index (χ1n) is 9.33. The van der Waals surface area contributed by atoms with Crippen LogP contribution >= 0.6 is 11.6 Å². The molecule has 0 amide bonds. The topological polar surface area (TPSA) is 102 Å². The van der Waals surface area contributed by atoms with E-state index in [9.17, 15) is 13.2 Å². The van der Waals surface area contributed by atoms with Crippen LogP contribution in [0.1, 0.15) is 5.69 Å². The van der Waals surface area contributed by atoms with E-state index in [-0.39, 0.29) is 10.3 Å². The van der Waals surface area contributed by atoms with Crippen LogP contribution in [0, 0.1) is 6.92 Å². The van der Waals surface area contributed by atoms with Crippen molar-refractivity contribution >= 4 is 32.5 Å². The van der Waals surface area contributed by atoms with E-state index in [1.807, 2.05) is 31.2 Å². The first kappa shape index (κ1) is 21.1. The smallest absolute Gasteiger partial charge is 0.238 e. The summed E-state index contributed by atoms with van der Waals surface area (Å²) < 4.78 is 28.1. The predicted molar refractivity (Wildman–Crippen MR) is 123 cm³/mol. The molecular formula is C23H19ClN2O4S. The number of aromatic amines is 1. The molecule has 0 radical (unpaired) electrons. The number of nitrogens with two attached hydrogens (primary N) is 1. The Kier molecular flexibility index (Phi) is 5.35. The molecule has 3 aromatic carbocycles. The fourth-order valence-corrected chi connectivity index (χ4v) is 4.34. The summed E-state index contributed by atoms with van der Waals surface area (Å²) in [4.78, 5) is 16.5. The van der Waals surface area contributed by atoms with Crippen molar-refractivity contribution in [2.45, 2.75) is 11.8 Å². The molecule has 1 aromatic heterocycles. The number of hydrogen-bond donors (Lipinski definition) is 2. The van der Waals surface area contributed by atoms with Crippen molar-refractivity contribution in [3.63, 3.8) is 0 Å². The lowest BCUT2D eigenvalue weighted by molar-refractivity contribution is 0.415. The zero-order chi connectivity index (χ0) is 22.3. The lowest BCUT2D eigenvalue weighted by atomic mass is 9.98. The molecule has 8 heteroatoms. The second-order valence-corrected chi connectivity index (χ2v) is 9.10. The Morgan fingerprint density at radius 2 is 1.48 bits per heavy atom. The lowest BCUT2D eigenvalue weighted by Crippen LogP contribution is -2.11. The summed E-state index contributed by atoms with van der Waals surface area (Å²) in [5, 5.41) is 6.00. The summed E-state index contributed by atoms with van der Waals surface area (Å²) in [7, 11) is -2.21. The average Bonchev–Trinajstić information content (AvgIpc) is 2.74. The quantitative estimate of drug-likeness (QED) is 0.474. The van der Waals surface area contributed by atoms with Gasteiger partial charge in [-0.2, -0.15) is 0 Å². The third kappa shape index (κ3) is 3.95. The Bertz CT molecular complexity index is 1460. The van der Waals surface area contributed by atoms with E-state index in [0.29, 0.717) is 27.2 Å². The second-order valence-electron chi connectivity index (χ2n) is 7.13. The van der Waals surface area contributed by atoms with E-state index in [2.05, 4.69) is 4.98 Å². The molecule has 0 aliphatic rings. The highest BCUT2D eigenvalue weighted by atomic mass is 35.5. The van der Waals surface area contributed by atoms with Gasteiger partial charge in [-0.05, 0) is 41.8 Å². The number of hydrogen-bond acceptors (Lipinski definition) is 4. The molecule has 6 nitrogen and oxygen atoms in total. The van der Waals surface area contributed by atoms with Crippen LogP contribution in [0.3, 0.4) is 0 Å². The highest BCUT2D eigenvalue weighted by molar-refractivity contribution is 7.89. The van der Waals surface area contributed by atoms with Gasteiger partial charge in [-0.25, -0.2) is 13.6 Å². The number of nitrogens with one attached hydrogen (secondary N) is 1. The minimum atomic E-state index is -3.74. The van der Waals surface area contributed by atoms with Gasteiger partial charge in [-0.1, -0.05) is 48.0 Å². The third-order valence-corrected chi connectivity index (χ3v) is 6.38. The molecule has 0 saturated heterocycles. The van der Waals surface area contributed by atoms with Crippen molar-refractivity contribution in [2.24, 2.45) is 5.14 Å². The molecule has 31 heavy (non-hydrogen) atoms. The molecule has 0 spiro atoms. The van der Waals surface area contributed by atoms with Crippen LogP contribution in [0.15, 0.2) is 70.4 Å². The first-order valence-corrected chi connectivity index (χ1v) is 11.3. The van der Waals surface area contributed by atoms with E-state index in [0.717, 1.165) is 22.4 Å². The molecule has 158 valence electrons. The maximum absolute atomic E-state index is 13.2. The second kappa shape index (κ2) is 7.85. The van der Waals surface area contributed by atoms with Gasteiger partial charge in [0, 0.05) is 22.7 Å². The Labute approximate surface area is 184 Å². The molecule has 0 unspecified atom stereocenters. The van der Waals surface area contributed by atoms with Crippen LogP contribution in [-0.4, -0.2) is 20.5 Å². The highest BCUT2D eigenvalue weighted by Gasteiger charge is 2.14. The lowest BCUT2D eigenvalue weighted by Gasteiger charge is -2.11. The van der Waals surface area contributed by atoms with E-state index < -0.39 is 10.0 Å². The molecule has 3 N–H and O–H groups in total. The van der Waals surface area contributed by atoms with Crippen LogP contribution in [0.2, 0.25) is 5.02 Å². The summed E-state index contributed by atoms with van der Waals surface area (Å²) in [6.07, 6.45) is 0. The summed E-state index contributed by atoms with van der Waals surface area (Å²) in [5.41, 5.74) is 4.30. The maximum atomic E-state index is 13.2. The van der Waals surface area contributed by atoms with E-state index in [1.165, 1.54) is 19.2 Å². The average molecular weight is 455 g/mol. The van der Waals surface area contributed by atoms with Crippen LogP contribution in [-0.2, 0) is 10.0 Å². The van der Waals surface area contributed by atoms with E-state index in [4.69, 9.17) is 21.5 Å². The van der Waals surface area contributed by atoms with E-state index in [1.54, 1.807) is 24.3 Å². The van der Waals surface area contributed by atoms with Gasteiger partial charge in [0.15, 0.2) is 5.43 Å². The van der Waals surface area contributed by atoms with Gasteiger partial charge in [0.05, 0.1) is 22.5 Å². The predicted octanol–water partition coefficient (Wildman–Crippen LogP) is 4.48. The standard InChI is InChI=1S/C23H19ClN2O4S/c1-13-22(23(27)18-11-19(24)21(30-2)12-20(18)26-13)16-5-3-14(4-6-16)15-7-9-17(10-8-15)31(25,28)29/h3-12H,1-2H3,(H,26,27)(H2,25,28,29). The van der Waals surface area contributed by atoms with Gasteiger partial charge in [0.1, 0.15) is 5.75 Å². The van der Waals surface area contributed by atoms with Crippen LogP contribution in [0.5, 0.6) is 5.75 Å². The number of H-pyrrole nitrogens is 1. The van der Waals surface area contributed by atoms with Crippen molar-refractivity contribution in [2.75, 3.05) is 7.11 Å².